The molecule has 2 rings (SSSR count). The molecule has 0 N–H and O–H groups in total. The van der Waals surface area contributed by atoms with Crippen LogP contribution in [-0.4, -0.2) is 15.8 Å². The summed E-state index contributed by atoms with van der Waals surface area (Å²) in [6.07, 6.45) is 1.52. The van der Waals surface area contributed by atoms with E-state index in [1.54, 1.807) is 18.2 Å². The van der Waals surface area contributed by atoms with Crippen molar-refractivity contribution in [2.45, 2.75) is 5.22 Å². The van der Waals surface area contributed by atoms with Crippen molar-refractivity contribution in [1.29, 1.82) is 0 Å². The highest BCUT2D eigenvalue weighted by atomic mass is 35.5. The van der Waals surface area contributed by atoms with E-state index in [-0.39, 0.29) is 5.22 Å². The Bertz CT molecular complexity index is 441. The monoisotopic (exact) mass is 215 g/mol. The van der Waals surface area contributed by atoms with Crippen molar-refractivity contribution >= 4 is 33.9 Å². The number of benzene rings is 1. The Balaban J connectivity index is 2.62. The van der Waals surface area contributed by atoms with Crippen molar-refractivity contribution in [3.05, 3.63) is 23.2 Å². The van der Waals surface area contributed by atoms with Gasteiger partial charge in [-0.15, -0.1) is 0 Å². The SMILES string of the molecule is C[S+]([O-])c1nc2cc(Cl)ccc2o1. The van der Waals surface area contributed by atoms with Crippen molar-refractivity contribution in [3.63, 3.8) is 0 Å². The molecule has 0 aliphatic heterocycles. The number of aromatic nitrogens is 1. The van der Waals surface area contributed by atoms with Gasteiger partial charge in [0.25, 0.3) is 0 Å². The molecule has 68 valence electrons. The fourth-order valence-electron chi connectivity index (χ4n) is 1.00. The fraction of sp³-hybridized carbons (Fsp3) is 0.125. The van der Waals surface area contributed by atoms with Gasteiger partial charge < -0.3 is 8.97 Å². The molecule has 5 heteroatoms. The topological polar surface area (TPSA) is 49.1 Å². The number of hydrogen-bond acceptors (Lipinski definition) is 3. The molecule has 1 atom stereocenters. The smallest absolute Gasteiger partial charge is 0.415 e. The minimum atomic E-state index is -1.19. The number of nitrogens with zero attached hydrogens (tertiary/aromatic N) is 1. The molecule has 1 unspecified atom stereocenters. The first-order chi connectivity index (χ1) is 6.16. The Morgan fingerprint density at radius 1 is 1.54 bits per heavy atom. The van der Waals surface area contributed by atoms with Crippen molar-refractivity contribution in [1.82, 2.24) is 4.98 Å². The van der Waals surface area contributed by atoms with Crippen LogP contribution in [-0.2, 0) is 11.2 Å². The summed E-state index contributed by atoms with van der Waals surface area (Å²) in [5.41, 5.74) is 1.24. The minimum Gasteiger partial charge on any atom is -0.608 e. The van der Waals surface area contributed by atoms with Crippen LogP contribution in [0.3, 0.4) is 0 Å². The summed E-state index contributed by atoms with van der Waals surface area (Å²) in [6, 6.07) is 5.09. The summed E-state index contributed by atoms with van der Waals surface area (Å²) in [4.78, 5) is 4.02. The van der Waals surface area contributed by atoms with Crippen LogP contribution in [0.1, 0.15) is 0 Å². The molecule has 13 heavy (non-hydrogen) atoms. The third kappa shape index (κ3) is 1.65. The van der Waals surface area contributed by atoms with Crippen LogP contribution in [0.15, 0.2) is 27.8 Å². The van der Waals surface area contributed by atoms with E-state index in [1.165, 1.54) is 6.26 Å². The molecule has 0 bridgehead atoms. The van der Waals surface area contributed by atoms with Crippen LogP contribution >= 0.6 is 11.6 Å². The second kappa shape index (κ2) is 3.21. The van der Waals surface area contributed by atoms with E-state index < -0.39 is 11.2 Å². The van der Waals surface area contributed by atoms with E-state index in [2.05, 4.69) is 4.98 Å². The number of rotatable bonds is 1. The lowest BCUT2D eigenvalue weighted by molar-refractivity contribution is 0.461. The van der Waals surface area contributed by atoms with Gasteiger partial charge in [0.15, 0.2) is 5.58 Å². The van der Waals surface area contributed by atoms with Crippen LogP contribution in [0.2, 0.25) is 5.02 Å². The molecule has 0 aliphatic rings. The first-order valence-corrected chi connectivity index (χ1v) is 5.50. The maximum absolute atomic E-state index is 11.0. The molecule has 1 aromatic heterocycles. The van der Waals surface area contributed by atoms with E-state index >= 15 is 0 Å². The number of hydrogen-bond donors (Lipinski definition) is 0. The molecule has 1 aromatic carbocycles. The first kappa shape index (κ1) is 8.87. The maximum atomic E-state index is 11.0. The average Bonchev–Trinajstić information content (AvgIpc) is 2.46. The summed E-state index contributed by atoms with van der Waals surface area (Å²) < 4.78 is 16.2. The molecule has 2 aromatic rings. The second-order valence-electron chi connectivity index (χ2n) is 2.55. The Hall–Kier alpha value is -0.710. The lowest BCUT2D eigenvalue weighted by Gasteiger charge is -1.93. The highest BCUT2D eigenvalue weighted by molar-refractivity contribution is 7.90. The molecule has 3 nitrogen and oxygen atoms in total. The zero-order valence-electron chi connectivity index (χ0n) is 6.78. The Morgan fingerprint density at radius 3 is 3.00 bits per heavy atom. The maximum Gasteiger partial charge on any atom is 0.415 e. The third-order valence-electron chi connectivity index (χ3n) is 1.58. The van der Waals surface area contributed by atoms with Crippen LogP contribution < -0.4 is 0 Å². The molecular formula is C8H6ClNO2S. The van der Waals surface area contributed by atoms with Gasteiger partial charge in [-0.25, -0.2) is 0 Å². The molecule has 0 radical (unpaired) electrons. The predicted octanol–water partition coefficient (Wildman–Crippen LogP) is 2.22. The zero-order chi connectivity index (χ0) is 9.42. The summed E-state index contributed by atoms with van der Waals surface area (Å²) in [6.45, 7) is 0. The molecule has 0 fully saturated rings. The van der Waals surface area contributed by atoms with Crippen LogP contribution in [0, 0.1) is 0 Å². The van der Waals surface area contributed by atoms with E-state index in [4.69, 9.17) is 16.0 Å². The average molecular weight is 216 g/mol. The van der Waals surface area contributed by atoms with Gasteiger partial charge in [0, 0.05) is 16.2 Å². The molecule has 1 heterocycles. The Morgan fingerprint density at radius 2 is 2.31 bits per heavy atom. The minimum absolute atomic E-state index is 0.234. The van der Waals surface area contributed by atoms with Gasteiger partial charge in [0.2, 0.25) is 0 Å². The van der Waals surface area contributed by atoms with Gasteiger partial charge >= 0.3 is 5.22 Å². The summed E-state index contributed by atoms with van der Waals surface area (Å²) >= 11 is 4.56. The lowest BCUT2D eigenvalue weighted by Crippen LogP contribution is -1.96. The summed E-state index contributed by atoms with van der Waals surface area (Å²) in [7, 11) is 0. The molecule has 0 saturated carbocycles. The van der Waals surface area contributed by atoms with Gasteiger partial charge in [-0.05, 0) is 18.2 Å². The molecule has 0 aliphatic carbocycles. The van der Waals surface area contributed by atoms with Crippen LogP contribution in [0.5, 0.6) is 0 Å². The molecular weight excluding hydrogens is 210 g/mol. The van der Waals surface area contributed by atoms with E-state index in [0.29, 0.717) is 16.1 Å². The van der Waals surface area contributed by atoms with Gasteiger partial charge in [-0.2, -0.15) is 4.98 Å². The lowest BCUT2D eigenvalue weighted by atomic mass is 10.3. The van der Waals surface area contributed by atoms with E-state index in [9.17, 15) is 4.55 Å². The van der Waals surface area contributed by atoms with Crippen molar-refractivity contribution in [3.8, 4) is 0 Å². The molecule has 0 spiro atoms. The number of halogens is 1. The van der Waals surface area contributed by atoms with E-state index in [1.807, 2.05) is 0 Å². The Labute approximate surface area is 82.9 Å². The standard InChI is InChI=1S/C8H6ClNO2S/c1-13(11)8-10-6-4-5(9)2-3-7(6)12-8/h2-4H,1H3. The van der Waals surface area contributed by atoms with Crippen LogP contribution in [0.25, 0.3) is 11.1 Å². The van der Waals surface area contributed by atoms with Gasteiger partial charge in [0.1, 0.15) is 11.8 Å². The highest BCUT2D eigenvalue weighted by Crippen LogP contribution is 2.21. The van der Waals surface area contributed by atoms with E-state index in [0.717, 1.165) is 0 Å². The van der Waals surface area contributed by atoms with Crippen molar-refractivity contribution < 1.29 is 8.97 Å². The van der Waals surface area contributed by atoms with Gasteiger partial charge in [-0.1, -0.05) is 11.6 Å². The zero-order valence-corrected chi connectivity index (χ0v) is 8.35. The third-order valence-corrected chi connectivity index (χ3v) is 2.48. The van der Waals surface area contributed by atoms with Gasteiger partial charge in [-0.3, -0.25) is 0 Å². The quantitative estimate of drug-likeness (QED) is 0.686. The van der Waals surface area contributed by atoms with Gasteiger partial charge in [0.05, 0.1) is 0 Å². The Kier molecular flexibility index (Phi) is 2.19. The second-order valence-corrected chi connectivity index (χ2v) is 4.24. The predicted molar refractivity (Wildman–Crippen MR) is 51.4 cm³/mol. The molecule has 0 saturated heterocycles. The van der Waals surface area contributed by atoms with Crippen LogP contribution in [0.4, 0.5) is 0 Å². The summed E-state index contributed by atoms with van der Waals surface area (Å²) in [5.74, 6) is 0. The largest absolute Gasteiger partial charge is 0.608 e. The molecule has 0 amide bonds. The number of oxazole rings is 1. The first-order valence-electron chi connectivity index (χ1n) is 3.56. The van der Waals surface area contributed by atoms with Crippen molar-refractivity contribution in [2.75, 3.05) is 6.26 Å². The fourth-order valence-corrected chi connectivity index (χ4v) is 1.60. The highest BCUT2D eigenvalue weighted by Gasteiger charge is 2.13. The normalized spacial score (nSPS) is 13.5. The number of fused-ring (bicyclic) bond motifs is 1. The van der Waals surface area contributed by atoms with Crippen molar-refractivity contribution in [2.24, 2.45) is 0 Å². The summed E-state index contributed by atoms with van der Waals surface area (Å²) in [5, 5.41) is 0.825.